The average molecular weight is 614 g/mol. The molecule has 10 aromatic rings. The van der Waals surface area contributed by atoms with Gasteiger partial charge in [0.1, 0.15) is 0 Å². The molecule has 0 amide bonds. The van der Waals surface area contributed by atoms with E-state index in [-0.39, 0.29) is 0 Å². The van der Waals surface area contributed by atoms with Gasteiger partial charge in [0.2, 0.25) is 0 Å². The summed E-state index contributed by atoms with van der Waals surface area (Å²) >= 11 is 0. The third kappa shape index (κ3) is 4.01. The summed E-state index contributed by atoms with van der Waals surface area (Å²) in [6, 6.07) is 53.3. The van der Waals surface area contributed by atoms with Crippen LogP contribution in [0, 0.1) is 0 Å². The molecule has 0 saturated carbocycles. The van der Waals surface area contributed by atoms with E-state index in [4.69, 9.17) is 9.97 Å². The summed E-state index contributed by atoms with van der Waals surface area (Å²) in [5, 5.41) is 5.84. The third-order valence-corrected chi connectivity index (χ3v) is 9.42. The summed E-state index contributed by atoms with van der Waals surface area (Å²) in [6.07, 6.45) is 3.81. The largest absolute Gasteiger partial charge is 0.309 e. The van der Waals surface area contributed by atoms with Gasteiger partial charge in [-0.3, -0.25) is 4.98 Å². The normalized spacial score (nSPS) is 11.8. The first-order valence-corrected chi connectivity index (χ1v) is 16.1. The third-order valence-electron chi connectivity index (χ3n) is 9.42. The molecule has 0 radical (unpaired) electrons. The number of hydrogen-bond donors (Lipinski definition) is 0. The van der Waals surface area contributed by atoms with E-state index >= 15 is 0 Å². The molecule has 5 nitrogen and oxygen atoms in total. The van der Waals surface area contributed by atoms with Crippen molar-refractivity contribution in [1.82, 2.24) is 24.1 Å². The molecule has 0 aliphatic carbocycles. The van der Waals surface area contributed by atoms with Crippen molar-refractivity contribution in [3.05, 3.63) is 164 Å². The molecule has 0 aliphatic rings. The molecule has 0 saturated heterocycles. The molecule has 4 aromatic heterocycles. The Labute approximate surface area is 276 Å². The molecule has 5 heteroatoms. The SMILES string of the molecule is c1ccc(-n2c3ccc(-c4nc(-c5ccc(-n6c7ccccc7c7ccccc76)cc5)nc5ccccc45)cc3c3ccncc32)cc1. The van der Waals surface area contributed by atoms with Gasteiger partial charge in [0.15, 0.2) is 5.82 Å². The lowest BCUT2D eigenvalue weighted by molar-refractivity contribution is 1.16. The van der Waals surface area contributed by atoms with Gasteiger partial charge >= 0.3 is 0 Å². The van der Waals surface area contributed by atoms with Crippen molar-refractivity contribution in [1.29, 1.82) is 0 Å². The van der Waals surface area contributed by atoms with Crippen LogP contribution in [0.3, 0.4) is 0 Å². The van der Waals surface area contributed by atoms with Crippen LogP contribution in [0.15, 0.2) is 164 Å². The Hall–Kier alpha value is -6.59. The Morgan fingerprint density at radius 3 is 1.75 bits per heavy atom. The number of rotatable bonds is 4. The highest BCUT2D eigenvalue weighted by Crippen LogP contribution is 2.37. The zero-order valence-corrected chi connectivity index (χ0v) is 25.8. The van der Waals surface area contributed by atoms with Gasteiger partial charge in [-0.05, 0) is 72.8 Å². The molecule has 0 bridgehead atoms. The van der Waals surface area contributed by atoms with Crippen LogP contribution < -0.4 is 0 Å². The van der Waals surface area contributed by atoms with Gasteiger partial charge in [0.05, 0.1) is 39.5 Å². The average Bonchev–Trinajstić information content (AvgIpc) is 3.67. The molecular formula is C43H27N5. The van der Waals surface area contributed by atoms with Crippen molar-refractivity contribution in [2.75, 3.05) is 0 Å². The molecule has 224 valence electrons. The van der Waals surface area contributed by atoms with E-state index in [9.17, 15) is 0 Å². The quantitative estimate of drug-likeness (QED) is 0.198. The maximum Gasteiger partial charge on any atom is 0.160 e. The van der Waals surface area contributed by atoms with Crippen LogP contribution in [0.1, 0.15) is 0 Å². The minimum absolute atomic E-state index is 0.702. The van der Waals surface area contributed by atoms with Crippen LogP contribution >= 0.6 is 0 Å². The Morgan fingerprint density at radius 1 is 0.396 bits per heavy atom. The molecule has 0 aliphatic heterocycles. The summed E-state index contributed by atoms with van der Waals surface area (Å²) < 4.78 is 4.61. The highest BCUT2D eigenvalue weighted by Gasteiger charge is 2.17. The zero-order chi connectivity index (χ0) is 31.6. The van der Waals surface area contributed by atoms with Gasteiger partial charge in [-0.15, -0.1) is 0 Å². The fraction of sp³-hybridized carbons (Fsp3) is 0. The predicted molar refractivity (Wildman–Crippen MR) is 197 cm³/mol. The van der Waals surface area contributed by atoms with Crippen LogP contribution in [0.5, 0.6) is 0 Å². The minimum Gasteiger partial charge on any atom is -0.309 e. The van der Waals surface area contributed by atoms with E-state index in [1.54, 1.807) is 0 Å². The molecule has 0 fully saturated rings. The topological polar surface area (TPSA) is 48.5 Å². The summed E-state index contributed by atoms with van der Waals surface area (Å²) in [5.41, 5.74) is 10.7. The number of benzene rings is 6. The molecule has 48 heavy (non-hydrogen) atoms. The first-order valence-electron chi connectivity index (χ1n) is 16.1. The second-order valence-corrected chi connectivity index (χ2v) is 12.1. The molecule has 0 atom stereocenters. The van der Waals surface area contributed by atoms with Gasteiger partial charge < -0.3 is 9.13 Å². The van der Waals surface area contributed by atoms with E-state index < -0.39 is 0 Å². The Bertz CT molecular complexity index is 2770. The standard InChI is InChI=1S/C43H27N5/c1-2-10-30(11-3-1)48-40-23-20-29(26-36(40)34-24-25-44-27-41(34)48)42-35-14-4-7-15-37(35)45-43(46-42)28-18-21-31(22-19-28)47-38-16-8-5-12-32(38)33-13-6-9-17-39(33)47/h1-27H. The van der Waals surface area contributed by atoms with Gasteiger partial charge in [0.25, 0.3) is 0 Å². The zero-order valence-electron chi connectivity index (χ0n) is 25.8. The monoisotopic (exact) mass is 613 g/mol. The molecular weight excluding hydrogens is 587 g/mol. The fourth-order valence-corrected chi connectivity index (χ4v) is 7.26. The Kier molecular flexibility index (Phi) is 5.81. The number of aromatic nitrogens is 5. The number of para-hydroxylation sites is 4. The first-order chi connectivity index (χ1) is 23.8. The van der Waals surface area contributed by atoms with Crippen LogP contribution in [-0.4, -0.2) is 24.1 Å². The van der Waals surface area contributed by atoms with Crippen molar-refractivity contribution in [3.8, 4) is 34.0 Å². The van der Waals surface area contributed by atoms with Gasteiger partial charge in [-0.25, -0.2) is 9.97 Å². The minimum atomic E-state index is 0.702. The maximum atomic E-state index is 5.25. The van der Waals surface area contributed by atoms with Crippen molar-refractivity contribution in [2.45, 2.75) is 0 Å². The van der Waals surface area contributed by atoms with Gasteiger partial charge in [0, 0.05) is 55.6 Å². The molecule has 10 rings (SSSR count). The fourth-order valence-electron chi connectivity index (χ4n) is 7.26. The second kappa shape index (κ2) is 10.5. The highest BCUT2D eigenvalue weighted by atomic mass is 15.0. The van der Waals surface area contributed by atoms with Crippen LogP contribution in [0.25, 0.3) is 88.5 Å². The van der Waals surface area contributed by atoms with E-state index in [0.29, 0.717) is 5.82 Å². The number of fused-ring (bicyclic) bond motifs is 7. The lowest BCUT2D eigenvalue weighted by atomic mass is 10.0. The van der Waals surface area contributed by atoms with Crippen LogP contribution in [0.2, 0.25) is 0 Å². The number of nitrogens with zero attached hydrogens (tertiary/aromatic N) is 5. The summed E-state index contributed by atoms with van der Waals surface area (Å²) in [7, 11) is 0. The Balaban J connectivity index is 1.13. The van der Waals surface area contributed by atoms with E-state index in [1.165, 1.54) is 21.8 Å². The van der Waals surface area contributed by atoms with E-state index in [0.717, 1.165) is 60.9 Å². The molecule has 0 spiro atoms. The highest BCUT2D eigenvalue weighted by molar-refractivity contribution is 6.11. The maximum absolute atomic E-state index is 5.25. The summed E-state index contributed by atoms with van der Waals surface area (Å²) in [6.45, 7) is 0. The first kappa shape index (κ1) is 26.6. The molecule has 6 aromatic carbocycles. The smallest absolute Gasteiger partial charge is 0.160 e. The van der Waals surface area contributed by atoms with Gasteiger partial charge in [-0.1, -0.05) is 78.9 Å². The van der Waals surface area contributed by atoms with Crippen molar-refractivity contribution in [2.24, 2.45) is 0 Å². The van der Waals surface area contributed by atoms with Crippen molar-refractivity contribution >= 4 is 54.5 Å². The van der Waals surface area contributed by atoms with Gasteiger partial charge in [-0.2, -0.15) is 0 Å². The van der Waals surface area contributed by atoms with Crippen molar-refractivity contribution < 1.29 is 0 Å². The van der Waals surface area contributed by atoms with Crippen LogP contribution in [0.4, 0.5) is 0 Å². The van der Waals surface area contributed by atoms with E-state index in [1.807, 2.05) is 24.5 Å². The lowest BCUT2D eigenvalue weighted by Gasteiger charge is -2.12. The second-order valence-electron chi connectivity index (χ2n) is 12.1. The van der Waals surface area contributed by atoms with Crippen LogP contribution in [-0.2, 0) is 0 Å². The molecule has 0 unspecified atom stereocenters. The molecule has 0 N–H and O–H groups in total. The lowest BCUT2D eigenvalue weighted by Crippen LogP contribution is -1.97. The molecule has 4 heterocycles. The number of pyridine rings is 1. The predicted octanol–water partition coefficient (Wildman–Crippen LogP) is 10.6. The number of hydrogen-bond acceptors (Lipinski definition) is 3. The summed E-state index contributed by atoms with van der Waals surface area (Å²) in [5.74, 6) is 0.702. The Morgan fingerprint density at radius 2 is 0.979 bits per heavy atom. The summed E-state index contributed by atoms with van der Waals surface area (Å²) in [4.78, 5) is 14.8. The van der Waals surface area contributed by atoms with E-state index in [2.05, 4.69) is 154 Å². The van der Waals surface area contributed by atoms with Crippen molar-refractivity contribution in [3.63, 3.8) is 0 Å².